The number of fused-ring (bicyclic) bond motifs is 1. The maximum Gasteiger partial charge on any atom is 0.252 e. The average molecular weight is 500 g/mol. The third-order valence-corrected chi connectivity index (χ3v) is 6.39. The second-order valence-corrected chi connectivity index (χ2v) is 10.8. The number of carbonyl (C=O) groups is 1. The van der Waals surface area contributed by atoms with Gasteiger partial charge < -0.3 is 15.0 Å². The number of aromatic nitrogens is 3. The molecule has 37 heavy (non-hydrogen) atoms. The van der Waals surface area contributed by atoms with E-state index in [-0.39, 0.29) is 17.5 Å². The molecule has 1 amide bonds. The molecule has 0 saturated carbocycles. The van der Waals surface area contributed by atoms with Crippen molar-refractivity contribution in [3.63, 3.8) is 0 Å². The van der Waals surface area contributed by atoms with Crippen molar-refractivity contribution in [1.29, 1.82) is 0 Å². The van der Waals surface area contributed by atoms with Crippen LogP contribution in [0.5, 0.6) is 5.75 Å². The summed E-state index contributed by atoms with van der Waals surface area (Å²) in [5.74, 6) is 0.559. The van der Waals surface area contributed by atoms with Crippen molar-refractivity contribution in [2.24, 2.45) is 0 Å². The molecule has 0 unspecified atom stereocenters. The Bertz CT molecular complexity index is 1400. The van der Waals surface area contributed by atoms with E-state index in [2.05, 4.69) is 42.2 Å². The molecule has 2 aromatic heterocycles. The summed E-state index contributed by atoms with van der Waals surface area (Å²) in [5.41, 5.74) is 5.05. The minimum absolute atomic E-state index is 0.123. The summed E-state index contributed by atoms with van der Waals surface area (Å²) in [4.78, 5) is 20.3. The molecule has 0 aliphatic rings. The predicted octanol–water partition coefficient (Wildman–Crippen LogP) is 5.59. The predicted molar refractivity (Wildman–Crippen MR) is 149 cm³/mol. The molecule has 0 saturated heterocycles. The second-order valence-electron chi connectivity index (χ2n) is 10.8. The van der Waals surface area contributed by atoms with Gasteiger partial charge in [-0.1, -0.05) is 24.3 Å². The molecule has 0 radical (unpaired) electrons. The number of likely N-dealkylation sites (N-methyl/N-ethyl adjacent to an activating group) is 1. The molecule has 7 nitrogen and oxygen atoms in total. The molecule has 2 aromatic carbocycles. The molecule has 0 aliphatic heterocycles. The van der Waals surface area contributed by atoms with Crippen LogP contribution >= 0.6 is 0 Å². The zero-order valence-electron chi connectivity index (χ0n) is 22.9. The van der Waals surface area contributed by atoms with Crippen LogP contribution in [0.4, 0.5) is 0 Å². The van der Waals surface area contributed by atoms with Gasteiger partial charge in [-0.15, -0.1) is 0 Å². The number of hydrogen-bond donors (Lipinski definition) is 1. The van der Waals surface area contributed by atoms with Crippen LogP contribution in [0.15, 0.2) is 60.9 Å². The number of rotatable bonds is 8. The molecule has 0 aliphatic carbocycles. The number of ether oxygens (including phenoxy) is 1. The van der Waals surface area contributed by atoms with Crippen molar-refractivity contribution in [2.75, 3.05) is 27.2 Å². The van der Waals surface area contributed by atoms with Gasteiger partial charge in [0.2, 0.25) is 0 Å². The van der Waals surface area contributed by atoms with Crippen LogP contribution in [0.2, 0.25) is 0 Å². The number of carbonyl (C=O) groups excluding carboxylic acids is 1. The van der Waals surface area contributed by atoms with Gasteiger partial charge in [0.05, 0.1) is 29.0 Å². The zero-order valence-corrected chi connectivity index (χ0v) is 22.9. The van der Waals surface area contributed by atoms with E-state index in [4.69, 9.17) is 9.72 Å². The quantitative estimate of drug-likeness (QED) is 0.342. The minimum atomic E-state index is -0.241. The highest BCUT2D eigenvalue weighted by Gasteiger charge is 2.20. The molecule has 2 heterocycles. The summed E-state index contributed by atoms with van der Waals surface area (Å²) in [6.45, 7) is 11.7. The fourth-order valence-electron chi connectivity index (χ4n) is 4.16. The van der Waals surface area contributed by atoms with Crippen LogP contribution in [-0.4, -0.2) is 52.8 Å². The van der Waals surface area contributed by atoms with Crippen molar-refractivity contribution in [3.05, 3.63) is 77.6 Å². The smallest absolute Gasteiger partial charge is 0.252 e. The fraction of sp³-hybridized carbons (Fsp3) is 0.367. The third kappa shape index (κ3) is 6.17. The molecule has 1 N–H and O–H groups in total. The van der Waals surface area contributed by atoms with E-state index < -0.39 is 0 Å². The van der Waals surface area contributed by atoms with Gasteiger partial charge >= 0.3 is 0 Å². The lowest BCUT2D eigenvalue weighted by Crippen LogP contribution is -2.27. The van der Waals surface area contributed by atoms with Crippen LogP contribution in [0, 0.1) is 6.92 Å². The molecule has 0 bridgehead atoms. The van der Waals surface area contributed by atoms with Crippen LogP contribution < -0.4 is 10.1 Å². The highest BCUT2D eigenvalue weighted by Crippen LogP contribution is 2.30. The Labute approximate surface area is 219 Å². The van der Waals surface area contributed by atoms with Gasteiger partial charge in [-0.3, -0.25) is 9.48 Å². The molecular formula is C30H37N5O2. The highest BCUT2D eigenvalue weighted by atomic mass is 16.5. The lowest BCUT2D eigenvalue weighted by Gasteiger charge is -2.19. The average Bonchev–Trinajstić information content (AvgIpc) is 3.35. The second kappa shape index (κ2) is 10.7. The molecule has 7 heteroatoms. The largest absolute Gasteiger partial charge is 0.492 e. The Morgan fingerprint density at radius 2 is 1.89 bits per heavy atom. The Balaban J connectivity index is 1.62. The summed E-state index contributed by atoms with van der Waals surface area (Å²) < 4.78 is 7.81. The SMILES string of the molecule is Cc1ccc(OCCN(C)C)cc1C(=O)N[C@H](C)c1cc(-c2cnn(C(C)(C)C)c2)nc2ccccc12. The van der Waals surface area contributed by atoms with E-state index in [1.807, 2.05) is 87.5 Å². The molecule has 4 rings (SSSR count). The lowest BCUT2D eigenvalue weighted by molar-refractivity contribution is 0.0939. The normalized spacial score (nSPS) is 12.6. The van der Waals surface area contributed by atoms with Gasteiger partial charge in [0.25, 0.3) is 5.91 Å². The topological polar surface area (TPSA) is 72.3 Å². The zero-order chi connectivity index (χ0) is 26.7. The van der Waals surface area contributed by atoms with E-state index >= 15 is 0 Å². The maximum atomic E-state index is 13.4. The minimum Gasteiger partial charge on any atom is -0.492 e. The number of benzene rings is 2. The van der Waals surface area contributed by atoms with E-state index in [1.165, 1.54) is 0 Å². The van der Waals surface area contributed by atoms with Crippen molar-refractivity contribution < 1.29 is 9.53 Å². The molecule has 0 fully saturated rings. The molecular weight excluding hydrogens is 462 g/mol. The Morgan fingerprint density at radius 3 is 2.59 bits per heavy atom. The number of para-hydroxylation sites is 1. The van der Waals surface area contributed by atoms with Crippen LogP contribution in [0.25, 0.3) is 22.2 Å². The van der Waals surface area contributed by atoms with E-state index in [9.17, 15) is 4.79 Å². The van der Waals surface area contributed by atoms with Crippen LogP contribution in [-0.2, 0) is 5.54 Å². The van der Waals surface area contributed by atoms with E-state index in [0.29, 0.717) is 17.9 Å². The first-order valence-corrected chi connectivity index (χ1v) is 12.7. The van der Waals surface area contributed by atoms with E-state index in [1.54, 1.807) is 0 Å². The monoisotopic (exact) mass is 499 g/mol. The number of aryl methyl sites for hydroxylation is 1. The Morgan fingerprint density at radius 1 is 1.14 bits per heavy atom. The Hall–Kier alpha value is -3.71. The first-order chi connectivity index (χ1) is 17.5. The third-order valence-electron chi connectivity index (χ3n) is 6.39. The first kappa shape index (κ1) is 26.4. The fourth-order valence-corrected chi connectivity index (χ4v) is 4.16. The summed E-state index contributed by atoms with van der Waals surface area (Å²) in [6.07, 6.45) is 3.87. The number of nitrogens with one attached hydrogen (secondary N) is 1. The number of pyridine rings is 1. The number of hydrogen-bond acceptors (Lipinski definition) is 5. The van der Waals surface area contributed by atoms with Crippen molar-refractivity contribution in [2.45, 2.75) is 46.2 Å². The van der Waals surface area contributed by atoms with Gasteiger partial charge in [-0.25, -0.2) is 4.98 Å². The highest BCUT2D eigenvalue weighted by molar-refractivity contribution is 5.96. The van der Waals surface area contributed by atoms with Crippen molar-refractivity contribution in [3.8, 4) is 17.0 Å². The van der Waals surface area contributed by atoms with Gasteiger partial charge in [-0.05, 0) is 84.1 Å². The van der Waals surface area contributed by atoms with Crippen molar-refractivity contribution in [1.82, 2.24) is 25.0 Å². The standard InChI is InChI=1S/C30H37N5O2/c1-20-12-13-23(37-15-14-34(6)7)16-25(20)29(36)32-21(2)26-17-28(33-27-11-9-8-10-24(26)27)22-18-31-35(19-22)30(3,4)5/h8-13,16-19,21H,14-15H2,1-7H3,(H,32,36)/t21-/m1/s1. The lowest BCUT2D eigenvalue weighted by atomic mass is 9.99. The summed E-state index contributed by atoms with van der Waals surface area (Å²) >= 11 is 0. The maximum absolute atomic E-state index is 13.4. The first-order valence-electron chi connectivity index (χ1n) is 12.7. The van der Waals surface area contributed by atoms with Gasteiger partial charge in [0, 0.05) is 29.3 Å². The van der Waals surface area contributed by atoms with Gasteiger partial charge in [-0.2, -0.15) is 5.10 Å². The van der Waals surface area contributed by atoms with Crippen molar-refractivity contribution >= 4 is 16.8 Å². The van der Waals surface area contributed by atoms with Crippen LogP contribution in [0.3, 0.4) is 0 Å². The molecule has 4 aromatic rings. The Kier molecular flexibility index (Phi) is 7.64. The number of nitrogens with zero attached hydrogens (tertiary/aromatic N) is 4. The summed E-state index contributed by atoms with van der Waals surface area (Å²) in [7, 11) is 4.01. The molecule has 194 valence electrons. The van der Waals surface area contributed by atoms with E-state index in [0.717, 1.165) is 39.8 Å². The van der Waals surface area contributed by atoms with Gasteiger partial charge in [0.1, 0.15) is 12.4 Å². The number of amides is 1. The summed E-state index contributed by atoms with van der Waals surface area (Å²) in [5, 5.41) is 8.77. The summed E-state index contributed by atoms with van der Waals surface area (Å²) in [6, 6.07) is 15.5. The van der Waals surface area contributed by atoms with Crippen LogP contribution in [0.1, 0.15) is 55.2 Å². The molecule has 1 atom stereocenters. The van der Waals surface area contributed by atoms with Gasteiger partial charge in [0.15, 0.2) is 0 Å². The molecule has 0 spiro atoms.